The summed E-state index contributed by atoms with van der Waals surface area (Å²) < 4.78 is 10.6. The molecule has 0 aromatic heterocycles. The van der Waals surface area contributed by atoms with Gasteiger partial charge in [0.05, 0.1) is 12.1 Å². The smallest absolute Gasteiger partial charge is 0.329 e. The van der Waals surface area contributed by atoms with Gasteiger partial charge in [0.25, 0.3) is 5.91 Å². The molecule has 126 valence electrons. The van der Waals surface area contributed by atoms with Gasteiger partial charge in [-0.15, -0.1) is 6.42 Å². The Hall–Kier alpha value is -2.65. The fourth-order valence-corrected chi connectivity index (χ4v) is 2.52. The average Bonchev–Trinajstić information content (AvgIpc) is 2.81. The number of hydrogen-bond acceptors (Lipinski definition) is 4. The summed E-state index contributed by atoms with van der Waals surface area (Å²) in [7, 11) is 1.47. The first-order chi connectivity index (χ1) is 11.5. The van der Waals surface area contributed by atoms with Gasteiger partial charge in [-0.1, -0.05) is 24.4 Å². The molecule has 1 aliphatic rings. The fourth-order valence-electron chi connectivity index (χ4n) is 2.24. The van der Waals surface area contributed by atoms with E-state index < -0.39 is 6.03 Å². The Morgan fingerprint density at radius 2 is 2.17 bits per heavy atom. The molecule has 1 aromatic carbocycles. The number of amides is 3. The quantitative estimate of drug-likeness (QED) is 0.487. The van der Waals surface area contributed by atoms with Crippen molar-refractivity contribution < 1.29 is 19.1 Å². The maximum absolute atomic E-state index is 12.2. The Bertz CT molecular complexity index is 737. The number of urea groups is 1. The lowest BCUT2D eigenvalue weighted by Gasteiger charge is -2.12. The lowest BCUT2D eigenvalue weighted by atomic mass is 10.1. The number of nitrogens with zero attached hydrogens (tertiary/aromatic N) is 1. The number of imide groups is 1. The predicted molar refractivity (Wildman–Crippen MR) is 90.8 cm³/mol. The van der Waals surface area contributed by atoms with Crippen LogP contribution in [0.25, 0.3) is 6.08 Å². The molecule has 0 radical (unpaired) electrons. The first-order valence-electron chi connectivity index (χ1n) is 7.30. The molecule has 1 heterocycles. The second kappa shape index (κ2) is 7.75. The number of terminal acetylenes is 1. The van der Waals surface area contributed by atoms with E-state index >= 15 is 0 Å². The average molecular weight is 349 g/mol. The van der Waals surface area contributed by atoms with Crippen LogP contribution in [0.5, 0.6) is 11.5 Å². The molecule has 0 spiro atoms. The highest BCUT2D eigenvalue weighted by Gasteiger charge is 2.32. The molecule has 24 heavy (non-hydrogen) atoms. The minimum absolute atomic E-state index is 0.0526. The normalized spacial score (nSPS) is 15.4. The lowest BCUT2D eigenvalue weighted by Crippen LogP contribution is -2.31. The predicted octanol–water partition coefficient (Wildman–Crippen LogP) is 2.66. The van der Waals surface area contributed by atoms with Crippen LogP contribution in [-0.4, -0.2) is 37.1 Å². The molecule has 1 aliphatic heterocycles. The van der Waals surface area contributed by atoms with Gasteiger partial charge in [-0.25, -0.2) is 4.79 Å². The Morgan fingerprint density at radius 3 is 2.79 bits per heavy atom. The molecule has 0 unspecified atom stereocenters. The number of hydrogen-bond donors (Lipinski definition) is 1. The van der Waals surface area contributed by atoms with Gasteiger partial charge in [0.1, 0.15) is 12.3 Å². The fraction of sp³-hybridized carbons (Fsp3) is 0.294. The summed E-state index contributed by atoms with van der Waals surface area (Å²) in [5.41, 5.74) is 0.774. The molecular weight excluding hydrogens is 332 g/mol. The first-order valence-corrected chi connectivity index (χ1v) is 7.68. The third-order valence-corrected chi connectivity index (χ3v) is 3.55. The molecule has 1 fully saturated rings. The zero-order valence-corrected chi connectivity index (χ0v) is 14.1. The molecule has 6 nitrogen and oxygen atoms in total. The minimum Gasteiger partial charge on any atom is -0.493 e. The van der Waals surface area contributed by atoms with Crippen LogP contribution < -0.4 is 14.8 Å². The van der Waals surface area contributed by atoms with Crippen molar-refractivity contribution in [2.45, 2.75) is 13.3 Å². The van der Waals surface area contributed by atoms with Gasteiger partial charge in [-0.05, 0) is 30.2 Å². The van der Waals surface area contributed by atoms with Gasteiger partial charge in [0.2, 0.25) is 0 Å². The van der Waals surface area contributed by atoms with E-state index in [2.05, 4.69) is 11.2 Å². The van der Waals surface area contributed by atoms with Crippen molar-refractivity contribution in [2.75, 3.05) is 20.3 Å². The minimum atomic E-state index is -0.430. The maximum Gasteiger partial charge on any atom is 0.329 e. The third-order valence-electron chi connectivity index (χ3n) is 3.27. The van der Waals surface area contributed by atoms with Gasteiger partial charge in [0.15, 0.2) is 11.5 Å². The molecule has 0 atom stereocenters. The Balaban J connectivity index is 2.33. The molecule has 0 aliphatic carbocycles. The van der Waals surface area contributed by atoms with Crippen molar-refractivity contribution in [2.24, 2.45) is 0 Å². The third kappa shape index (κ3) is 3.63. The van der Waals surface area contributed by atoms with Crippen LogP contribution in [0.4, 0.5) is 4.79 Å². The standard InChI is InChI=1S/C17H17ClN2O4/c1-4-6-20-16(21)13(19-17(20)22)9-11-8-12(18)15(24-7-5-2)14(10-11)23-3/h2,8-10H,4,6-7H2,1,3H3,(H,19,22)/b13-9+. The first kappa shape index (κ1) is 17.7. The SMILES string of the molecule is C#CCOc1c(Cl)cc(/C=C2/NC(=O)N(CCC)C2=O)cc1OC. The van der Waals surface area contributed by atoms with E-state index in [0.29, 0.717) is 35.1 Å². The maximum atomic E-state index is 12.2. The molecule has 1 aromatic rings. The Morgan fingerprint density at radius 1 is 1.42 bits per heavy atom. The highest BCUT2D eigenvalue weighted by atomic mass is 35.5. The zero-order chi connectivity index (χ0) is 17.7. The van der Waals surface area contributed by atoms with Crippen molar-refractivity contribution in [1.29, 1.82) is 0 Å². The van der Waals surface area contributed by atoms with Crippen LogP contribution in [0.15, 0.2) is 17.8 Å². The van der Waals surface area contributed by atoms with Crippen LogP contribution in [0, 0.1) is 12.3 Å². The molecule has 1 saturated heterocycles. The second-order valence-corrected chi connectivity index (χ2v) is 5.38. The molecule has 1 N–H and O–H groups in total. The van der Waals surface area contributed by atoms with E-state index in [1.807, 2.05) is 6.92 Å². The lowest BCUT2D eigenvalue weighted by molar-refractivity contribution is -0.122. The summed E-state index contributed by atoms with van der Waals surface area (Å²) >= 11 is 6.19. The molecule has 2 rings (SSSR count). The number of benzene rings is 1. The van der Waals surface area contributed by atoms with Crippen molar-refractivity contribution in [3.05, 3.63) is 28.4 Å². The molecule has 3 amide bonds. The number of carbonyl (C=O) groups is 2. The monoisotopic (exact) mass is 348 g/mol. The topological polar surface area (TPSA) is 67.9 Å². The highest BCUT2D eigenvalue weighted by Crippen LogP contribution is 2.37. The van der Waals surface area contributed by atoms with E-state index in [9.17, 15) is 9.59 Å². The Kier molecular flexibility index (Phi) is 5.72. The summed E-state index contributed by atoms with van der Waals surface area (Å²) in [6, 6.07) is 2.82. The van der Waals surface area contributed by atoms with Gasteiger partial charge in [0, 0.05) is 6.54 Å². The Labute approximate surface area is 145 Å². The van der Waals surface area contributed by atoms with E-state index in [1.54, 1.807) is 12.1 Å². The van der Waals surface area contributed by atoms with E-state index in [0.717, 1.165) is 4.90 Å². The van der Waals surface area contributed by atoms with Crippen LogP contribution >= 0.6 is 11.6 Å². The largest absolute Gasteiger partial charge is 0.493 e. The molecule has 0 bridgehead atoms. The summed E-state index contributed by atoms with van der Waals surface area (Å²) in [4.78, 5) is 25.2. The number of carbonyl (C=O) groups excluding carboxylic acids is 2. The van der Waals surface area contributed by atoms with Crippen molar-refractivity contribution in [3.8, 4) is 23.8 Å². The van der Waals surface area contributed by atoms with Crippen LogP contribution in [0.3, 0.4) is 0 Å². The summed E-state index contributed by atoms with van der Waals surface area (Å²) in [5.74, 6) is 2.69. The van der Waals surface area contributed by atoms with Crippen molar-refractivity contribution >= 4 is 29.6 Å². The van der Waals surface area contributed by atoms with Gasteiger partial charge >= 0.3 is 6.03 Å². The van der Waals surface area contributed by atoms with Crippen LogP contribution in [-0.2, 0) is 4.79 Å². The number of rotatable bonds is 6. The molecule has 0 saturated carbocycles. The highest BCUT2D eigenvalue weighted by molar-refractivity contribution is 6.32. The van der Waals surface area contributed by atoms with Crippen LogP contribution in [0.1, 0.15) is 18.9 Å². The number of nitrogens with one attached hydrogen (secondary N) is 1. The van der Waals surface area contributed by atoms with Crippen LogP contribution in [0.2, 0.25) is 5.02 Å². The number of ether oxygens (including phenoxy) is 2. The van der Waals surface area contributed by atoms with Gasteiger partial charge in [-0.2, -0.15) is 0 Å². The van der Waals surface area contributed by atoms with Gasteiger partial charge < -0.3 is 14.8 Å². The van der Waals surface area contributed by atoms with Crippen molar-refractivity contribution in [1.82, 2.24) is 10.2 Å². The number of halogens is 1. The van der Waals surface area contributed by atoms with Crippen molar-refractivity contribution in [3.63, 3.8) is 0 Å². The number of methoxy groups -OCH3 is 1. The van der Waals surface area contributed by atoms with E-state index in [-0.39, 0.29) is 18.2 Å². The summed E-state index contributed by atoms with van der Waals surface area (Å²) in [5, 5.41) is 2.84. The summed E-state index contributed by atoms with van der Waals surface area (Å²) in [6.45, 7) is 2.31. The molecule has 7 heteroatoms. The zero-order valence-electron chi connectivity index (χ0n) is 13.4. The van der Waals surface area contributed by atoms with E-state index in [1.165, 1.54) is 13.2 Å². The van der Waals surface area contributed by atoms with E-state index in [4.69, 9.17) is 27.5 Å². The summed E-state index contributed by atoms with van der Waals surface area (Å²) in [6.07, 6.45) is 7.40. The second-order valence-electron chi connectivity index (χ2n) is 4.97. The van der Waals surface area contributed by atoms with Gasteiger partial charge in [-0.3, -0.25) is 9.69 Å². The molecular formula is C17H17ClN2O4.